The Balaban J connectivity index is 1.96. The number of aryl methyl sites for hydroxylation is 2. The fourth-order valence-electron chi connectivity index (χ4n) is 2.71. The smallest absolute Gasteiger partial charge is 0.201 e. The summed E-state index contributed by atoms with van der Waals surface area (Å²) in [5.41, 5.74) is 3.30. The zero-order chi connectivity index (χ0) is 15.0. The van der Waals surface area contributed by atoms with Crippen molar-refractivity contribution in [2.45, 2.75) is 39.2 Å². The van der Waals surface area contributed by atoms with E-state index in [-0.39, 0.29) is 11.9 Å². The molecule has 1 aliphatic rings. The fraction of sp³-hybridized carbons (Fsp3) is 0.333. The average Bonchev–Trinajstić information content (AvgIpc) is 2.47. The number of fused-ring (bicyclic) bond motifs is 1. The van der Waals surface area contributed by atoms with Gasteiger partial charge < -0.3 is 4.74 Å². The lowest BCUT2D eigenvalue weighted by molar-refractivity contribution is 0.180. The first-order chi connectivity index (χ1) is 10.0. The molecule has 0 aromatic heterocycles. The molecule has 0 N–H and O–H groups in total. The molecule has 1 unspecified atom stereocenters. The molecule has 2 aromatic rings. The van der Waals surface area contributed by atoms with Crippen molar-refractivity contribution in [2.75, 3.05) is 0 Å². The van der Waals surface area contributed by atoms with E-state index >= 15 is 0 Å². The highest BCUT2D eigenvalue weighted by Gasteiger charge is 2.24. The molecular formula is C18H18F2O. The summed E-state index contributed by atoms with van der Waals surface area (Å²) >= 11 is 0. The molecule has 21 heavy (non-hydrogen) atoms. The first kappa shape index (κ1) is 14.1. The van der Waals surface area contributed by atoms with Crippen molar-refractivity contribution >= 4 is 0 Å². The second-order valence-corrected chi connectivity index (χ2v) is 5.78. The Morgan fingerprint density at radius 3 is 2.57 bits per heavy atom. The molecule has 2 aromatic carbocycles. The number of ether oxygens (including phenoxy) is 1. The van der Waals surface area contributed by atoms with E-state index in [1.807, 2.05) is 38.1 Å². The van der Waals surface area contributed by atoms with Crippen molar-refractivity contribution in [1.82, 2.24) is 0 Å². The van der Waals surface area contributed by atoms with Crippen LogP contribution in [0, 0.1) is 18.6 Å². The Bertz CT molecular complexity index is 662. The van der Waals surface area contributed by atoms with Crippen LogP contribution in [-0.2, 0) is 12.8 Å². The number of benzene rings is 2. The molecule has 0 bridgehead atoms. The molecule has 1 nitrogen and oxygen atoms in total. The van der Waals surface area contributed by atoms with E-state index in [1.165, 1.54) is 0 Å². The van der Waals surface area contributed by atoms with Crippen LogP contribution in [0.1, 0.15) is 35.6 Å². The minimum atomic E-state index is -0.846. The second-order valence-electron chi connectivity index (χ2n) is 5.78. The molecular weight excluding hydrogens is 270 g/mol. The van der Waals surface area contributed by atoms with Crippen molar-refractivity contribution in [1.29, 1.82) is 0 Å². The van der Waals surface area contributed by atoms with E-state index in [2.05, 4.69) is 0 Å². The van der Waals surface area contributed by atoms with Gasteiger partial charge in [0.1, 0.15) is 0 Å². The van der Waals surface area contributed by atoms with Gasteiger partial charge in [0.25, 0.3) is 0 Å². The maximum Gasteiger partial charge on any atom is 0.201 e. The molecule has 1 aliphatic heterocycles. The maximum absolute atomic E-state index is 14.2. The van der Waals surface area contributed by atoms with Crippen LogP contribution in [0.2, 0.25) is 0 Å². The molecule has 1 heterocycles. The monoisotopic (exact) mass is 288 g/mol. The lowest BCUT2D eigenvalue weighted by atomic mass is 9.96. The van der Waals surface area contributed by atoms with Gasteiger partial charge >= 0.3 is 0 Å². The van der Waals surface area contributed by atoms with E-state index < -0.39 is 11.6 Å². The van der Waals surface area contributed by atoms with Crippen molar-refractivity contribution in [3.05, 3.63) is 64.2 Å². The van der Waals surface area contributed by atoms with Crippen LogP contribution in [0.4, 0.5) is 8.78 Å². The summed E-state index contributed by atoms with van der Waals surface area (Å²) in [5.74, 6) is -1.54. The number of rotatable bonds is 2. The van der Waals surface area contributed by atoms with Gasteiger partial charge in [0.15, 0.2) is 11.6 Å². The third kappa shape index (κ3) is 2.78. The summed E-state index contributed by atoms with van der Waals surface area (Å²) in [7, 11) is 0. The number of hydrogen-bond donors (Lipinski definition) is 0. The van der Waals surface area contributed by atoms with Crippen LogP contribution in [0.15, 0.2) is 30.3 Å². The molecule has 3 rings (SSSR count). The standard InChI is InChI=1S/C18H18F2O/c1-11-3-6-13(7-4-11)9-15-10-14-8-5-12(2)21-18(14)17(20)16(15)19/h3-4,6-7,10,12H,5,8-9H2,1-2H3. The van der Waals surface area contributed by atoms with E-state index in [0.29, 0.717) is 12.0 Å². The third-order valence-corrected chi connectivity index (χ3v) is 3.97. The van der Waals surface area contributed by atoms with Gasteiger partial charge in [0.2, 0.25) is 5.82 Å². The highest BCUT2D eigenvalue weighted by Crippen LogP contribution is 2.34. The summed E-state index contributed by atoms with van der Waals surface area (Å²) in [6.45, 7) is 3.88. The summed E-state index contributed by atoms with van der Waals surface area (Å²) in [5, 5.41) is 0. The van der Waals surface area contributed by atoms with Crippen molar-refractivity contribution in [2.24, 2.45) is 0 Å². The van der Waals surface area contributed by atoms with Gasteiger partial charge in [-0.2, -0.15) is 4.39 Å². The molecule has 0 saturated heterocycles. The van der Waals surface area contributed by atoms with Crippen LogP contribution >= 0.6 is 0 Å². The summed E-state index contributed by atoms with van der Waals surface area (Å²) < 4.78 is 33.9. The molecule has 0 aliphatic carbocycles. The SMILES string of the molecule is Cc1ccc(Cc2cc3c(c(F)c2F)OC(C)CC3)cc1. The Kier molecular flexibility index (Phi) is 3.66. The Labute approximate surface area is 123 Å². The van der Waals surface area contributed by atoms with Crippen molar-refractivity contribution < 1.29 is 13.5 Å². The predicted molar refractivity (Wildman–Crippen MR) is 78.8 cm³/mol. The van der Waals surface area contributed by atoms with Crippen molar-refractivity contribution in [3.8, 4) is 5.75 Å². The predicted octanol–water partition coefficient (Wildman–Crippen LogP) is 4.58. The molecule has 1 atom stereocenters. The highest BCUT2D eigenvalue weighted by molar-refractivity contribution is 5.43. The van der Waals surface area contributed by atoms with E-state index in [0.717, 1.165) is 29.5 Å². The Morgan fingerprint density at radius 1 is 1.14 bits per heavy atom. The van der Waals surface area contributed by atoms with Crippen LogP contribution < -0.4 is 4.74 Å². The minimum Gasteiger partial charge on any atom is -0.487 e. The van der Waals surface area contributed by atoms with E-state index in [4.69, 9.17) is 4.74 Å². The number of halogens is 2. The van der Waals surface area contributed by atoms with E-state index in [1.54, 1.807) is 6.07 Å². The summed E-state index contributed by atoms with van der Waals surface area (Å²) in [4.78, 5) is 0. The maximum atomic E-state index is 14.2. The minimum absolute atomic E-state index is 0.0608. The zero-order valence-electron chi connectivity index (χ0n) is 12.2. The van der Waals surface area contributed by atoms with Crippen LogP contribution in [0.25, 0.3) is 0 Å². The van der Waals surface area contributed by atoms with Crippen molar-refractivity contribution in [3.63, 3.8) is 0 Å². The van der Waals surface area contributed by atoms with Gasteiger partial charge in [-0.05, 0) is 49.4 Å². The third-order valence-electron chi connectivity index (χ3n) is 3.97. The van der Waals surface area contributed by atoms with E-state index in [9.17, 15) is 8.78 Å². The molecule has 0 saturated carbocycles. The van der Waals surface area contributed by atoms with Gasteiger partial charge in [0, 0.05) is 6.42 Å². The van der Waals surface area contributed by atoms with Gasteiger partial charge in [-0.1, -0.05) is 29.8 Å². The lowest BCUT2D eigenvalue weighted by Gasteiger charge is -2.24. The second kappa shape index (κ2) is 5.47. The van der Waals surface area contributed by atoms with Gasteiger partial charge in [-0.3, -0.25) is 0 Å². The molecule has 110 valence electrons. The zero-order valence-corrected chi connectivity index (χ0v) is 12.2. The van der Waals surface area contributed by atoms with Crippen LogP contribution in [-0.4, -0.2) is 6.10 Å². The number of hydrogen-bond acceptors (Lipinski definition) is 1. The Morgan fingerprint density at radius 2 is 1.86 bits per heavy atom. The molecule has 0 radical (unpaired) electrons. The first-order valence-electron chi connectivity index (χ1n) is 7.26. The molecule has 3 heteroatoms. The normalized spacial score (nSPS) is 17.2. The summed E-state index contributed by atoms with van der Waals surface area (Å²) in [6.07, 6.45) is 1.90. The highest BCUT2D eigenvalue weighted by atomic mass is 19.2. The molecule has 0 spiro atoms. The molecule has 0 amide bonds. The van der Waals surface area contributed by atoms with Gasteiger partial charge in [0.05, 0.1) is 6.10 Å². The summed E-state index contributed by atoms with van der Waals surface area (Å²) in [6, 6.07) is 9.61. The van der Waals surface area contributed by atoms with Crippen LogP contribution in [0.3, 0.4) is 0 Å². The lowest BCUT2D eigenvalue weighted by Crippen LogP contribution is -2.21. The van der Waals surface area contributed by atoms with Crippen LogP contribution in [0.5, 0.6) is 5.75 Å². The molecule has 0 fully saturated rings. The fourth-order valence-corrected chi connectivity index (χ4v) is 2.71. The first-order valence-corrected chi connectivity index (χ1v) is 7.26. The quantitative estimate of drug-likeness (QED) is 0.786. The topological polar surface area (TPSA) is 9.23 Å². The average molecular weight is 288 g/mol. The Hall–Kier alpha value is -1.90. The van der Waals surface area contributed by atoms with Gasteiger partial charge in [-0.25, -0.2) is 4.39 Å². The largest absolute Gasteiger partial charge is 0.487 e. The van der Waals surface area contributed by atoms with Gasteiger partial charge in [-0.15, -0.1) is 0 Å².